The number of unbranched alkanes of at least 4 members (excludes halogenated alkanes) is 2. The summed E-state index contributed by atoms with van der Waals surface area (Å²) in [6.07, 6.45) is 6.57. The van der Waals surface area contributed by atoms with Crippen LogP contribution in [0.5, 0.6) is 11.5 Å². The number of ether oxygens (including phenoxy) is 2. The average molecular weight is 485 g/mol. The van der Waals surface area contributed by atoms with Gasteiger partial charge in [0.1, 0.15) is 17.8 Å². The van der Waals surface area contributed by atoms with E-state index in [1.54, 1.807) is 6.07 Å². The van der Waals surface area contributed by atoms with Crippen molar-refractivity contribution in [1.29, 1.82) is 0 Å². The SMILES string of the molecule is O=C(NC(=S)N1CCc2c(OCCCCCOc3ccc(Cl)cc3)cccc21)c1ccoc1. The van der Waals surface area contributed by atoms with Crippen molar-refractivity contribution in [2.75, 3.05) is 24.7 Å². The third kappa shape index (κ3) is 6.06. The molecule has 0 saturated heterocycles. The Morgan fingerprint density at radius 3 is 2.61 bits per heavy atom. The molecule has 0 unspecified atom stereocenters. The van der Waals surface area contributed by atoms with E-state index in [1.807, 2.05) is 47.4 Å². The van der Waals surface area contributed by atoms with E-state index >= 15 is 0 Å². The highest BCUT2D eigenvalue weighted by molar-refractivity contribution is 7.80. The normalized spacial score (nSPS) is 12.3. The zero-order chi connectivity index (χ0) is 23.0. The van der Waals surface area contributed by atoms with Crippen LogP contribution in [0.15, 0.2) is 65.5 Å². The highest BCUT2D eigenvalue weighted by Gasteiger charge is 2.26. The highest BCUT2D eigenvalue weighted by Crippen LogP contribution is 2.35. The largest absolute Gasteiger partial charge is 0.494 e. The Morgan fingerprint density at radius 2 is 1.85 bits per heavy atom. The first-order chi connectivity index (χ1) is 16.1. The number of hydrogen-bond acceptors (Lipinski definition) is 5. The van der Waals surface area contributed by atoms with Gasteiger partial charge in [-0.25, -0.2) is 0 Å². The van der Waals surface area contributed by atoms with Gasteiger partial charge in [0, 0.05) is 17.1 Å². The van der Waals surface area contributed by atoms with Crippen LogP contribution in [0, 0.1) is 0 Å². The lowest BCUT2D eigenvalue weighted by Gasteiger charge is -2.20. The molecule has 0 radical (unpaired) electrons. The molecule has 0 atom stereocenters. The Hall–Kier alpha value is -3.03. The molecule has 0 saturated carbocycles. The second-order valence-electron chi connectivity index (χ2n) is 7.64. The predicted octanol–water partition coefficient (Wildman–Crippen LogP) is 5.64. The summed E-state index contributed by atoms with van der Waals surface area (Å²) in [4.78, 5) is 14.2. The number of carbonyl (C=O) groups is 1. The number of anilines is 1. The number of amides is 1. The molecule has 0 fully saturated rings. The minimum absolute atomic E-state index is 0.283. The molecular weight excluding hydrogens is 460 g/mol. The molecule has 4 rings (SSSR count). The number of benzene rings is 2. The average Bonchev–Trinajstić information content (AvgIpc) is 3.50. The summed E-state index contributed by atoms with van der Waals surface area (Å²) in [6, 6.07) is 14.9. The molecule has 2 heterocycles. The molecule has 3 aromatic rings. The van der Waals surface area contributed by atoms with Gasteiger partial charge in [-0.1, -0.05) is 17.7 Å². The fourth-order valence-corrected chi connectivity index (χ4v) is 4.07. The molecule has 1 aliphatic rings. The lowest BCUT2D eigenvalue weighted by Crippen LogP contribution is -2.41. The Labute approximate surface area is 203 Å². The first-order valence-electron chi connectivity index (χ1n) is 10.9. The van der Waals surface area contributed by atoms with Crippen molar-refractivity contribution >= 4 is 40.5 Å². The monoisotopic (exact) mass is 484 g/mol. The lowest BCUT2D eigenvalue weighted by molar-refractivity contribution is 0.0976. The second kappa shape index (κ2) is 11.2. The Balaban J connectivity index is 1.21. The van der Waals surface area contributed by atoms with E-state index in [0.717, 1.165) is 48.4 Å². The summed E-state index contributed by atoms with van der Waals surface area (Å²) in [5.74, 6) is 1.42. The smallest absolute Gasteiger partial charge is 0.260 e. The number of nitrogens with one attached hydrogen (secondary N) is 1. The summed E-state index contributed by atoms with van der Waals surface area (Å²) >= 11 is 11.4. The molecule has 8 heteroatoms. The molecule has 1 N–H and O–H groups in total. The lowest BCUT2D eigenvalue weighted by atomic mass is 10.1. The minimum atomic E-state index is -0.283. The first kappa shape index (κ1) is 23.1. The Bertz CT molecular complexity index is 1090. The van der Waals surface area contributed by atoms with Crippen molar-refractivity contribution in [2.45, 2.75) is 25.7 Å². The van der Waals surface area contributed by atoms with Crippen LogP contribution in [0.2, 0.25) is 5.02 Å². The van der Waals surface area contributed by atoms with E-state index in [2.05, 4.69) is 5.32 Å². The number of furan rings is 1. The number of nitrogens with zero attached hydrogens (tertiary/aromatic N) is 1. The van der Waals surface area contributed by atoms with Gasteiger partial charge in [0.05, 0.1) is 30.7 Å². The van der Waals surface area contributed by atoms with Crippen LogP contribution in [-0.2, 0) is 6.42 Å². The van der Waals surface area contributed by atoms with Crippen molar-refractivity contribution in [3.05, 3.63) is 77.2 Å². The van der Waals surface area contributed by atoms with Gasteiger partial charge in [-0.3, -0.25) is 10.1 Å². The molecule has 0 spiro atoms. The molecule has 0 bridgehead atoms. The van der Waals surface area contributed by atoms with E-state index in [0.29, 0.717) is 35.5 Å². The van der Waals surface area contributed by atoms with Gasteiger partial charge in [0.15, 0.2) is 5.11 Å². The molecule has 1 aromatic heterocycles. The molecule has 0 aliphatic carbocycles. The molecule has 1 aliphatic heterocycles. The molecule has 2 aromatic carbocycles. The summed E-state index contributed by atoms with van der Waals surface area (Å²) in [6.45, 7) is 2.00. The molecule has 172 valence electrons. The van der Waals surface area contributed by atoms with Gasteiger partial charge in [-0.15, -0.1) is 0 Å². The zero-order valence-electron chi connectivity index (χ0n) is 18.1. The van der Waals surface area contributed by atoms with Crippen LogP contribution < -0.4 is 19.7 Å². The van der Waals surface area contributed by atoms with Crippen molar-refractivity contribution in [1.82, 2.24) is 5.32 Å². The minimum Gasteiger partial charge on any atom is -0.494 e. The van der Waals surface area contributed by atoms with Gasteiger partial charge < -0.3 is 18.8 Å². The topological polar surface area (TPSA) is 63.9 Å². The van der Waals surface area contributed by atoms with Crippen LogP contribution in [0.1, 0.15) is 35.2 Å². The first-order valence-corrected chi connectivity index (χ1v) is 11.7. The van der Waals surface area contributed by atoms with Gasteiger partial charge in [-0.2, -0.15) is 0 Å². The van der Waals surface area contributed by atoms with Crippen molar-refractivity contribution in [3.63, 3.8) is 0 Å². The Morgan fingerprint density at radius 1 is 1.06 bits per heavy atom. The quantitative estimate of drug-likeness (QED) is 0.313. The van der Waals surface area contributed by atoms with Gasteiger partial charge in [-0.05, 0) is 80.4 Å². The second-order valence-corrected chi connectivity index (χ2v) is 8.46. The summed E-state index contributed by atoms with van der Waals surface area (Å²) < 4.78 is 16.8. The maximum absolute atomic E-state index is 12.3. The Kier molecular flexibility index (Phi) is 7.86. The van der Waals surface area contributed by atoms with Crippen LogP contribution in [-0.4, -0.2) is 30.8 Å². The van der Waals surface area contributed by atoms with Crippen molar-refractivity contribution in [3.8, 4) is 11.5 Å². The van der Waals surface area contributed by atoms with Crippen LogP contribution in [0.4, 0.5) is 5.69 Å². The third-order valence-corrected chi connectivity index (χ3v) is 5.94. The zero-order valence-corrected chi connectivity index (χ0v) is 19.7. The van der Waals surface area contributed by atoms with E-state index in [1.165, 1.54) is 12.5 Å². The molecular formula is C25H25ClN2O4S. The van der Waals surface area contributed by atoms with Gasteiger partial charge in [0.25, 0.3) is 5.91 Å². The van der Waals surface area contributed by atoms with E-state index < -0.39 is 0 Å². The standard InChI is InChI=1S/C25H25ClN2O4S/c26-19-7-9-20(10-8-19)31-14-2-1-3-15-32-23-6-4-5-22-21(23)11-13-28(22)25(33)27-24(29)18-12-16-30-17-18/h4-10,12,16-17H,1-3,11,13-15H2,(H,27,29,33). The molecule has 1 amide bonds. The fraction of sp³-hybridized carbons (Fsp3) is 0.280. The maximum Gasteiger partial charge on any atom is 0.260 e. The summed E-state index contributed by atoms with van der Waals surface area (Å²) in [5.41, 5.74) is 2.53. The summed E-state index contributed by atoms with van der Waals surface area (Å²) in [5, 5.41) is 3.85. The fourth-order valence-electron chi connectivity index (χ4n) is 3.66. The number of rotatable bonds is 9. The summed E-state index contributed by atoms with van der Waals surface area (Å²) in [7, 11) is 0. The van der Waals surface area contributed by atoms with Crippen LogP contribution in [0.25, 0.3) is 0 Å². The number of halogens is 1. The van der Waals surface area contributed by atoms with Gasteiger partial charge in [0.2, 0.25) is 0 Å². The molecule has 6 nitrogen and oxygen atoms in total. The molecule has 33 heavy (non-hydrogen) atoms. The maximum atomic E-state index is 12.3. The predicted molar refractivity (Wildman–Crippen MR) is 133 cm³/mol. The van der Waals surface area contributed by atoms with E-state index in [-0.39, 0.29) is 5.91 Å². The number of fused-ring (bicyclic) bond motifs is 1. The number of carbonyl (C=O) groups excluding carboxylic acids is 1. The van der Waals surface area contributed by atoms with Crippen LogP contribution >= 0.6 is 23.8 Å². The number of hydrogen-bond donors (Lipinski definition) is 1. The highest BCUT2D eigenvalue weighted by atomic mass is 35.5. The van der Waals surface area contributed by atoms with Crippen molar-refractivity contribution < 1.29 is 18.7 Å². The van der Waals surface area contributed by atoms with Gasteiger partial charge >= 0.3 is 0 Å². The third-order valence-electron chi connectivity index (χ3n) is 5.36. The van der Waals surface area contributed by atoms with E-state index in [4.69, 9.17) is 37.7 Å². The number of thiocarbonyl (C=S) groups is 1. The van der Waals surface area contributed by atoms with Crippen LogP contribution in [0.3, 0.4) is 0 Å². The van der Waals surface area contributed by atoms with E-state index in [9.17, 15) is 4.79 Å². The van der Waals surface area contributed by atoms with Crippen molar-refractivity contribution in [2.24, 2.45) is 0 Å².